The Morgan fingerprint density at radius 2 is 2.64 bits per heavy atom. The van der Waals surface area contributed by atoms with Gasteiger partial charge in [-0.25, -0.2) is 0 Å². The van der Waals surface area contributed by atoms with Crippen LogP contribution in [0, 0.1) is 10.1 Å². The number of hydrogen-bond acceptors (Lipinski definition) is 4. The fourth-order valence-corrected chi connectivity index (χ4v) is 1.92. The predicted octanol–water partition coefficient (Wildman–Crippen LogP) is 0.897. The third kappa shape index (κ3) is 0.988. The van der Waals surface area contributed by atoms with Crippen molar-refractivity contribution >= 4 is 17.6 Å². The zero-order valence-electron chi connectivity index (χ0n) is 5.56. The van der Waals surface area contributed by atoms with Crippen LogP contribution in [0.4, 0.5) is 5.82 Å². The number of hydrogen-bond donors (Lipinski definition) is 0. The number of imidazole rings is 1. The summed E-state index contributed by atoms with van der Waals surface area (Å²) in [5.74, 6) is 0.924. The number of thioether (sulfide) groups is 1. The van der Waals surface area contributed by atoms with E-state index in [4.69, 9.17) is 0 Å². The van der Waals surface area contributed by atoms with E-state index in [0.717, 1.165) is 17.5 Å². The molecule has 0 unspecified atom stereocenters. The van der Waals surface area contributed by atoms with E-state index in [1.54, 1.807) is 11.8 Å². The fourth-order valence-electron chi connectivity index (χ4n) is 0.984. The second kappa shape index (κ2) is 2.23. The van der Waals surface area contributed by atoms with Crippen LogP contribution in [0.2, 0.25) is 0 Å². The van der Waals surface area contributed by atoms with Gasteiger partial charge in [0.1, 0.15) is 6.20 Å². The second-order valence-corrected chi connectivity index (χ2v) is 3.24. The van der Waals surface area contributed by atoms with Gasteiger partial charge in [-0.1, -0.05) is 11.8 Å². The predicted molar refractivity (Wildman–Crippen MR) is 39.6 cm³/mol. The highest BCUT2D eigenvalue weighted by atomic mass is 32.2. The SMILES string of the molecule is O=[N+]([O-])c1cn2c(n1)SCC2. The summed E-state index contributed by atoms with van der Waals surface area (Å²) in [6.07, 6.45) is 1.48. The molecule has 1 aliphatic rings. The maximum Gasteiger partial charge on any atom is 0.382 e. The number of rotatable bonds is 1. The molecule has 1 aromatic rings. The highest BCUT2D eigenvalue weighted by Crippen LogP contribution is 2.26. The second-order valence-electron chi connectivity index (χ2n) is 2.18. The molecule has 0 radical (unpaired) electrons. The average molecular weight is 171 g/mol. The summed E-state index contributed by atoms with van der Waals surface area (Å²) in [4.78, 5) is 13.6. The molecule has 0 aliphatic carbocycles. The van der Waals surface area contributed by atoms with Gasteiger partial charge in [-0.2, -0.15) is 0 Å². The highest BCUT2D eigenvalue weighted by molar-refractivity contribution is 7.99. The molecule has 0 aromatic carbocycles. The van der Waals surface area contributed by atoms with Crippen LogP contribution in [-0.2, 0) is 6.54 Å². The van der Waals surface area contributed by atoms with Crippen molar-refractivity contribution in [2.75, 3.05) is 5.75 Å². The summed E-state index contributed by atoms with van der Waals surface area (Å²) in [6, 6.07) is 0. The minimum atomic E-state index is -0.466. The molecule has 58 valence electrons. The summed E-state index contributed by atoms with van der Waals surface area (Å²) < 4.78 is 1.81. The normalized spacial score (nSPS) is 14.9. The molecule has 0 atom stereocenters. The topological polar surface area (TPSA) is 61.0 Å². The van der Waals surface area contributed by atoms with E-state index in [-0.39, 0.29) is 5.82 Å². The van der Waals surface area contributed by atoms with Crippen LogP contribution in [-0.4, -0.2) is 20.2 Å². The number of nitro groups is 1. The Balaban J connectivity index is 2.42. The molecule has 2 heterocycles. The van der Waals surface area contributed by atoms with Crippen molar-refractivity contribution in [1.29, 1.82) is 0 Å². The highest BCUT2D eigenvalue weighted by Gasteiger charge is 2.22. The lowest BCUT2D eigenvalue weighted by Crippen LogP contribution is -1.90. The fraction of sp³-hybridized carbons (Fsp3) is 0.400. The number of aryl methyl sites for hydroxylation is 1. The molecular weight excluding hydrogens is 166 g/mol. The van der Waals surface area contributed by atoms with Crippen molar-refractivity contribution < 1.29 is 4.92 Å². The van der Waals surface area contributed by atoms with Gasteiger partial charge >= 0.3 is 5.82 Å². The number of fused-ring (bicyclic) bond motifs is 1. The molecule has 5 nitrogen and oxygen atoms in total. The van der Waals surface area contributed by atoms with Gasteiger partial charge in [-0.15, -0.1) is 0 Å². The van der Waals surface area contributed by atoms with Gasteiger partial charge in [0.2, 0.25) is 0 Å². The molecule has 0 saturated carbocycles. The lowest BCUT2D eigenvalue weighted by atomic mass is 10.7. The first-order valence-corrected chi connectivity index (χ1v) is 4.10. The molecule has 0 N–H and O–H groups in total. The van der Waals surface area contributed by atoms with Crippen LogP contribution < -0.4 is 0 Å². The summed E-state index contributed by atoms with van der Waals surface area (Å²) in [7, 11) is 0. The van der Waals surface area contributed by atoms with Gasteiger partial charge < -0.3 is 10.1 Å². The summed E-state index contributed by atoms with van der Waals surface area (Å²) in [5.41, 5.74) is 0. The monoisotopic (exact) mass is 171 g/mol. The van der Waals surface area contributed by atoms with Crippen LogP contribution in [0.5, 0.6) is 0 Å². The standard InChI is InChI=1S/C5H5N3O2S/c9-8(10)4-3-7-1-2-11-5(7)6-4/h3H,1-2H2. The van der Waals surface area contributed by atoms with E-state index in [1.165, 1.54) is 6.20 Å². The molecule has 0 fully saturated rings. The van der Waals surface area contributed by atoms with Crippen LogP contribution in [0.25, 0.3) is 0 Å². The van der Waals surface area contributed by atoms with E-state index >= 15 is 0 Å². The van der Waals surface area contributed by atoms with Crippen molar-refractivity contribution in [3.63, 3.8) is 0 Å². The molecule has 2 rings (SSSR count). The van der Waals surface area contributed by atoms with Crippen molar-refractivity contribution in [2.45, 2.75) is 11.7 Å². The molecule has 6 heteroatoms. The molecule has 1 aromatic heterocycles. The van der Waals surface area contributed by atoms with E-state index in [0.29, 0.717) is 0 Å². The molecule has 0 spiro atoms. The molecule has 0 bridgehead atoms. The first-order valence-electron chi connectivity index (χ1n) is 3.12. The first kappa shape index (κ1) is 6.66. The van der Waals surface area contributed by atoms with Crippen LogP contribution >= 0.6 is 11.8 Å². The minimum absolute atomic E-state index is 0.0489. The van der Waals surface area contributed by atoms with Gasteiger partial charge in [0.15, 0.2) is 0 Å². The molecule has 1 aliphatic heterocycles. The quantitative estimate of drug-likeness (QED) is 0.465. The van der Waals surface area contributed by atoms with E-state index in [9.17, 15) is 10.1 Å². The largest absolute Gasteiger partial charge is 0.382 e. The van der Waals surface area contributed by atoms with Gasteiger partial charge in [-0.05, 0) is 9.91 Å². The van der Waals surface area contributed by atoms with Crippen molar-refractivity contribution in [3.05, 3.63) is 16.3 Å². The third-order valence-corrected chi connectivity index (χ3v) is 2.45. The Kier molecular flexibility index (Phi) is 1.35. The smallest absolute Gasteiger partial charge is 0.358 e. The molecular formula is C5H5N3O2S. The Morgan fingerprint density at radius 3 is 3.27 bits per heavy atom. The molecule has 11 heavy (non-hydrogen) atoms. The number of nitrogens with zero attached hydrogens (tertiary/aromatic N) is 3. The lowest BCUT2D eigenvalue weighted by Gasteiger charge is -1.86. The zero-order valence-corrected chi connectivity index (χ0v) is 6.37. The Bertz CT molecular complexity index is 287. The van der Waals surface area contributed by atoms with Gasteiger partial charge in [0.25, 0.3) is 5.16 Å². The van der Waals surface area contributed by atoms with E-state index in [1.807, 2.05) is 4.57 Å². The summed E-state index contributed by atoms with van der Waals surface area (Å²) >= 11 is 1.55. The Morgan fingerprint density at radius 1 is 1.82 bits per heavy atom. The van der Waals surface area contributed by atoms with Crippen LogP contribution in [0.15, 0.2) is 11.4 Å². The van der Waals surface area contributed by atoms with Gasteiger partial charge in [0.05, 0.1) is 0 Å². The van der Waals surface area contributed by atoms with Crippen molar-refractivity contribution in [1.82, 2.24) is 9.55 Å². The van der Waals surface area contributed by atoms with Crippen LogP contribution in [0.1, 0.15) is 0 Å². The summed E-state index contributed by atoms with van der Waals surface area (Å²) in [5, 5.41) is 11.0. The van der Waals surface area contributed by atoms with Gasteiger partial charge in [-0.3, -0.25) is 4.57 Å². The number of aromatic nitrogens is 2. The minimum Gasteiger partial charge on any atom is -0.358 e. The van der Waals surface area contributed by atoms with Crippen LogP contribution in [0.3, 0.4) is 0 Å². The maximum absolute atomic E-state index is 10.2. The average Bonchev–Trinajstić information content (AvgIpc) is 2.40. The van der Waals surface area contributed by atoms with Gasteiger partial charge in [0, 0.05) is 12.3 Å². The van der Waals surface area contributed by atoms with E-state index in [2.05, 4.69) is 4.98 Å². The maximum atomic E-state index is 10.2. The third-order valence-electron chi connectivity index (χ3n) is 1.48. The first-order chi connectivity index (χ1) is 5.27. The zero-order chi connectivity index (χ0) is 7.84. The molecule has 0 amide bonds. The Labute approximate surface area is 66.6 Å². The summed E-state index contributed by atoms with van der Waals surface area (Å²) in [6.45, 7) is 0.834. The van der Waals surface area contributed by atoms with Crippen molar-refractivity contribution in [3.8, 4) is 0 Å². The Hall–Kier alpha value is -1.04. The molecule has 0 saturated heterocycles. The van der Waals surface area contributed by atoms with Crippen molar-refractivity contribution in [2.24, 2.45) is 0 Å². The van der Waals surface area contributed by atoms with E-state index < -0.39 is 4.92 Å². The lowest BCUT2D eigenvalue weighted by molar-refractivity contribution is -0.389.